The summed E-state index contributed by atoms with van der Waals surface area (Å²) in [7, 11) is 0. The van der Waals surface area contributed by atoms with Crippen molar-refractivity contribution in [3.05, 3.63) is 35.4 Å². The number of hydrogen-bond acceptors (Lipinski definition) is 4. The van der Waals surface area contributed by atoms with Gasteiger partial charge < -0.3 is 15.5 Å². The highest BCUT2D eigenvalue weighted by Gasteiger charge is 2.25. The molecular formula is C13H17NO4S. The fourth-order valence-corrected chi connectivity index (χ4v) is 2.10. The van der Waals surface area contributed by atoms with Gasteiger partial charge in [0, 0.05) is 11.3 Å². The third kappa shape index (κ3) is 4.57. The highest BCUT2D eigenvalue weighted by Crippen LogP contribution is 2.11. The Morgan fingerprint density at radius 2 is 2.11 bits per heavy atom. The van der Waals surface area contributed by atoms with Gasteiger partial charge in [0.15, 0.2) is 6.04 Å². The van der Waals surface area contributed by atoms with Gasteiger partial charge in [0.2, 0.25) is 0 Å². The van der Waals surface area contributed by atoms with E-state index in [0.717, 1.165) is 11.3 Å². The van der Waals surface area contributed by atoms with Crippen LogP contribution in [0.4, 0.5) is 0 Å². The molecule has 19 heavy (non-hydrogen) atoms. The van der Waals surface area contributed by atoms with Crippen molar-refractivity contribution in [1.82, 2.24) is 5.32 Å². The minimum Gasteiger partial charge on any atom is -0.480 e. The number of rotatable bonds is 6. The summed E-state index contributed by atoms with van der Waals surface area (Å²) in [5.41, 5.74) is 1.38. The Labute approximate surface area is 116 Å². The number of aliphatic carboxylic acids is 1. The highest BCUT2D eigenvalue weighted by atomic mass is 32.2. The minimum atomic E-state index is -1.31. The Morgan fingerprint density at radius 3 is 2.63 bits per heavy atom. The zero-order valence-corrected chi connectivity index (χ0v) is 11.6. The Balaban J connectivity index is 2.82. The number of carboxylic acid groups (broad SMARTS) is 1. The predicted octanol–water partition coefficient (Wildman–Crippen LogP) is 1.11. The van der Waals surface area contributed by atoms with Crippen LogP contribution in [0.5, 0.6) is 0 Å². The lowest BCUT2D eigenvalue weighted by molar-refractivity contribution is -0.141. The molecule has 5 nitrogen and oxygen atoms in total. The van der Waals surface area contributed by atoms with E-state index < -0.39 is 24.0 Å². The maximum atomic E-state index is 11.9. The number of carboxylic acids is 1. The van der Waals surface area contributed by atoms with Gasteiger partial charge >= 0.3 is 5.97 Å². The maximum absolute atomic E-state index is 11.9. The molecular weight excluding hydrogens is 266 g/mol. The summed E-state index contributed by atoms with van der Waals surface area (Å²) in [6.07, 6.45) is 0.802. The molecule has 0 aliphatic rings. The van der Waals surface area contributed by atoms with E-state index >= 15 is 0 Å². The summed E-state index contributed by atoms with van der Waals surface area (Å²) in [6, 6.07) is 5.67. The van der Waals surface area contributed by atoms with Gasteiger partial charge in [-0.3, -0.25) is 4.79 Å². The van der Waals surface area contributed by atoms with Crippen LogP contribution in [-0.2, 0) is 10.5 Å². The van der Waals surface area contributed by atoms with E-state index in [2.05, 4.69) is 5.32 Å². The normalized spacial score (nSPS) is 13.6. The van der Waals surface area contributed by atoms with Crippen LogP contribution in [0.2, 0.25) is 0 Å². The third-order valence-electron chi connectivity index (χ3n) is 2.54. The van der Waals surface area contributed by atoms with Crippen molar-refractivity contribution in [2.75, 3.05) is 6.26 Å². The van der Waals surface area contributed by atoms with Gasteiger partial charge in [0.25, 0.3) is 5.91 Å². The summed E-state index contributed by atoms with van der Waals surface area (Å²) >= 11 is 1.63. The second-order valence-electron chi connectivity index (χ2n) is 4.16. The highest BCUT2D eigenvalue weighted by molar-refractivity contribution is 7.97. The lowest BCUT2D eigenvalue weighted by Crippen LogP contribution is -2.47. The molecule has 2 atom stereocenters. The first-order chi connectivity index (χ1) is 8.95. The number of hydrogen-bond donors (Lipinski definition) is 3. The SMILES string of the molecule is CSCc1cccc(C(=O)N[C@H](C(=O)O)[C@@H](C)O)c1. The van der Waals surface area contributed by atoms with E-state index in [1.807, 2.05) is 12.3 Å². The summed E-state index contributed by atoms with van der Waals surface area (Å²) in [5, 5.41) is 20.5. The van der Waals surface area contributed by atoms with Crippen molar-refractivity contribution < 1.29 is 19.8 Å². The van der Waals surface area contributed by atoms with Crippen LogP contribution in [0, 0.1) is 0 Å². The van der Waals surface area contributed by atoms with Gasteiger partial charge in [-0.1, -0.05) is 12.1 Å². The van der Waals surface area contributed by atoms with Crippen molar-refractivity contribution in [2.45, 2.75) is 24.8 Å². The van der Waals surface area contributed by atoms with Crippen molar-refractivity contribution in [3.8, 4) is 0 Å². The minimum absolute atomic E-state index is 0.387. The molecule has 0 radical (unpaired) electrons. The molecule has 3 N–H and O–H groups in total. The van der Waals surface area contributed by atoms with E-state index in [9.17, 15) is 14.7 Å². The number of aliphatic hydroxyl groups is 1. The standard InChI is InChI=1S/C13H17NO4S/c1-8(15)11(13(17)18)14-12(16)10-5-3-4-9(6-10)7-19-2/h3-6,8,11,15H,7H2,1-2H3,(H,14,16)(H,17,18)/t8-,11+/m1/s1. The number of carbonyl (C=O) groups is 2. The van der Waals surface area contributed by atoms with E-state index in [1.54, 1.807) is 30.0 Å². The van der Waals surface area contributed by atoms with Crippen LogP contribution in [0.1, 0.15) is 22.8 Å². The maximum Gasteiger partial charge on any atom is 0.328 e. The van der Waals surface area contributed by atoms with Crippen LogP contribution in [0.3, 0.4) is 0 Å². The number of benzene rings is 1. The topological polar surface area (TPSA) is 86.6 Å². The molecule has 0 unspecified atom stereocenters. The molecule has 1 rings (SSSR count). The summed E-state index contributed by atoms with van der Waals surface area (Å²) in [5.74, 6) is -0.986. The van der Waals surface area contributed by atoms with Crippen LogP contribution in [0.25, 0.3) is 0 Å². The Bertz CT molecular complexity index is 462. The fourth-order valence-electron chi connectivity index (χ4n) is 1.58. The molecule has 0 heterocycles. The number of nitrogens with one attached hydrogen (secondary N) is 1. The molecule has 0 spiro atoms. The number of amides is 1. The summed E-state index contributed by atoms with van der Waals surface area (Å²) < 4.78 is 0. The van der Waals surface area contributed by atoms with Gasteiger partial charge in [-0.15, -0.1) is 0 Å². The molecule has 0 bridgehead atoms. The van der Waals surface area contributed by atoms with E-state index in [-0.39, 0.29) is 0 Å². The third-order valence-corrected chi connectivity index (χ3v) is 3.16. The first kappa shape index (κ1) is 15.5. The second-order valence-corrected chi connectivity index (χ2v) is 5.03. The quantitative estimate of drug-likeness (QED) is 0.728. The zero-order chi connectivity index (χ0) is 14.4. The smallest absolute Gasteiger partial charge is 0.328 e. The molecule has 0 aliphatic carbocycles. The average molecular weight is 283 g/mol. The van der Waals surface area contributed by atoms with Crippen LogP contribution < -0.4 is 5.32 Å². The second kappa shape index (κ2) is 7.16. The predicted molar refractivity (Wildman–Crippen MR) is 74.2 cm³/mol. The monoisotopic (exact) mass is 283 g/mol. The molecule has 0 aliphatic heterocycles. The average Bonchev–Trinajstić information content (AvgIpc) is 2.35. The molecule has 104 valence electrons. The Morgan fingerprint density at radius 1 is 1.42 bits per heavy atom. The molecule has 1 aromatic rings. The van der Waals surface area contributed by atoms with Crippen molar-refractivity contribution >= 4 is 23.6 Å². The van der Waals surface area contributed by atoms with Gasteiger partial charge in [-0.2, -0.15) is 11.8 Å². The number of carbonyl (C=O) groups excluding carboxylic acids is 1. The van der Waals surface area contributed by atoms with Gasteiger partial charge in [0.1, 0.15) is 0 Å². The lowest BCUT2D eigenvalue weighted by atomic mass is 10.1. The molecule has 1 aromatic carbocycles. The zero-order valence-electron chi connectivity index (χ0n) is 10.8. The molecule has 0 fully saturated rings. The van der Waals surface area contributed by atoms with Gasteiger partial charge in [-0.05, 0) is 30.9 Å². The molecule has 0 aromatic heterocycles. The van der Waals surface area contributed by atoms with Gasteiger partial charge in [0.05, 0.1) is 6.10 Å². The van der Waals surface area contributed by atoms with Crippen LogP contribution >= 0.6 is 11.8 Å². The van der Waals surface area contributed by atoms with Crippen molar-refractivity contribution in [3.63, 3.8) is 0 Å². The molecule has 0 saturated heterocycles. The van der Waals surface area contributed by atoms with Crippen LogP contribution in [0.15, 0.2) is 24.3 Å². The van der Waals surface area contributed by atoms with E-state index in [4.69, 9.17) is 5.11 Å². The summed E-state index contributed by atoms with van der Waals surface area (Å²) in [4.78, 5) is 22.8. The Hall–Kier alpha value is -1.53. The lowest BCUT2D eigenvalue weighted by Gasteiger charge is -2.17. The fraction of sp³-hybridized carbons (Fsp3) is 0.385. The first-order valence-electron chi connectivity index (χ1n) is 5.75. The van der Waals surface area contributed by atoms with Crippen molar-refractivity contribution in [2.24, 2.45) is 0 Å². The number of aliphatic hydroxyl groups excluding tert-OH is 1. The first-order valence-corrected chi connectivity index (χ1v) is 7.14. The number of thioether (sulfide) groups is 1. The molecule has 0 saturated carbocycles. The molecule has 1 amide bonds. The Kier molecular flexibility index (Phi) is 5.85. The van der Waals surface area contributed by atoms with Crippen LogP contribution in [-0.4, -0.2) is 40.5 Å². The van der Waals surface area contributed by atoms with E-state index in [1.165, 1.54) is 6.92 Å². The largest absolute Gasteiger partial charge is 0.480 e. The van der Waals surface area contributed by atoms with E-state index in [0.29, 0.717) is 5.56 Å². The summed E-state index contributed by atoms with van der Waals surface area (Å²) in [6.45, 7) is 1.32. The van der Waals surface area contributed by atoms with Crippen molar-refractivity contribution in [1.29, 1.82) is 0 Å². The van der Waals surface area contributed by atoms with Gasteiger partial charge in [-0.25, -0.2) is 4.79 Å². The molecule has 6 heteroatoms.